The molecule has 0 aliphatic heterocycles. The average Bonchev–Trinajstić information content (AvgIpc) is 3.20. The molecule has 3 rings (SSSR count). The van der Waals surface area contributed by atoms with Crippen LogP contribution in [0, 0.1) is 6.92 Å². The standard InChI is InChI=1S/C17H20N4O3/c1-10(2)21-16-12(8-18-21)7-13(11(3)19-16)17(23)20-14(9-22)15-5-4-6-24-15/h4-8,10,14,22H,9H2,1-3H3,(H,20,23). The van der Waals surface area contributed by atoms with Crippen molar-refractivity contribution in [3.8, 4) is 0 Å². The van der Waals surface area contributed by atoms with Gasteiger partial charge in [0, 0.05) is 11.4 Å². The number of aliphatic hydroxyl groups is 1. The summed E-state index contributed by atoms with van der Waals surface area (Å²) in [6.07, 6.45) is 3.21. The minimum atomic E-state index is -0.596. The van der Waals surface area contributed by atoms with Crippen LogP contribution in [-0.2, 0) is 0 Å². The van der Waals surface area contributed by atoms with E-state index in [1.807, 2.05) is 18.5 Å². The molecule has 1 amide bonds. The van der Waals surface area contributed by atoms with E-state index in [1.165, 1.54) is 6.26 Å². The fourth-order valence-electron chi connectivity index (χ4n) is 2.61. The molecular weight excluding hydrogens is 308 g/mol. The highest BCUT2D eigenvalue weighted by Crippen LogP contribution is 2.20. The number of amides is 1. The van der Waals surface area contributed by atoms with Crippen LogP contribution in [0.15, 0.2) is 35.1 Å². The largest absolute Gasteiger partial charge is 0.467 e. The van der Waals surface area contributed by atoms with Crippen molar-refractivity contribution < 1.29 is 14.3 Å². The SMILES string of the molecule is Cc1nc2c(cnn2C(C)C)cc1C(=O)NC(CO)c1ccco1. The molecule has 1 unspecified atom stereocenters. The van der Waals surface area contributed by atoms with E-state index < -0.39 is 6.04 Å². The van der Waals surface area contributed by atoms with E-state index in [2.05, 4.69) is 15.4 Å². The second-order valence-corrected chi connectivity index (χ2v) is 5.94. The predicted octanol–water partition coefficient (Wildman–Crippen LogP) is 2.38. The third-order valence-corrected chi connectivity index (χ3v) is 3.87. The number of aliphatic hydroxyl groups excluding tert-OH is 1. The number of aromatic nitrogens is 3. The van der Waals surface area contributed by atoms with Gasteiger partial charge in [0.05, 0.1) is 30.3 Å². The molecule has 24 heavy (non-hydrogen) atoms. The Morgan fingerprint density at radius 3 is 2.88 bits per heavy atom. The van der Waals surface area contributed by atoms with E-state index >= 15 is 0 Å². The van der Waals surface area contributed by atoms with Gasteiger partial charge in [-0.25, -0.2) is 9.67 Å². The van der Waals surface area contributed by atoms with Crippen molar-refractivity contribution in [1.29, 1.82) is 0 Å². The Hall–Kier alpha value is -2.67. The van der Waals surface area contributed by atoms with Crippen LogP contribution in [-0.4, -0.2) is 32.4 Å². The van der Waals surface area contributed by atoms with Crippen LogP contribution in [0.2, 0.25) is 0 Å². The number of furan rings is 1. The van der Waals surface area contributed by atoms with Crippen LogP contribution in [0.1, 0.15) is 47.7 Å². The molecule has 0 spiro atoms. The molecule has 2 N–H and O–H groups in total. The number of carbonyl (C=O) groups excluding carboxylic acids is 1. The van der Waals surface area contributed by atoms with Crippen LogP contribution < -0.4 is 5.32 Å². The lowest BCUT2D eigenvalue weighted by molar-refractivity contribution is 0.0906. The highest BCUT2D eigenvalue weighted by Gasteiger charge is 2.20. The quantitative estimate of drug-likeness (QED) is 0.750. The molecule has 7 heteroatoms. The van der Waals surface area contributed by atoms with Crippen LogP contribution in [0.4, 0.5) is 0 Å². The highest BCUT2D eigenvalue weighted by atomic mass is 16.3. The third-order valence-electron chi connectivity index (χ3n) is 3.87. The lowest BCUT2D eigenvalue weighted by atomic mass is 10.1. The Bertz CT molecular complexity index is 852. The Kier molecular flexibility index (Phi) is 4.35. The minimum Gasteiger partial charge on any atom is -0.467 e. The van der Waals surface area contributed by atoms with E-state index in [0.29, 0.717) is 17.0 Å². The summed E-state index contributed by atoms with van der Waals surface area (Å²) in [4.78, 5) is 17.1. The first-order chi connectivity index (χ1) is 11.5. The van der Waals surface area contributed by atoms with Gasteiger partial charge in [0.25, 0.3) is 5.91 Å². The summed E-state index contributed by atoms with van der Waals surface area (Å²) in [5.41, 5.74) is 1.82. The van der Waals surface area contributed by atoms with E-state index in [0.717, 1.165) is 11.0 Å². The van der Waals surface area contributed by atoms with Crippen molar-refractivity contribution in [3.05, 3.63) is 47.7 Å². The maximum atomic E-state index is 12.6. The minimum absolute atomic E-state index is 0.187. The zero-order chi connectivity index (χ0) is 17.3. The Morgan fingerprint density at radius 1 is 1.46 bits per heavy atom. The molecule has 0 fully saturated rings. The molecule has 0 radical (unpaired) electrons. The van der Waals surface area contributed by atoms with Gasteiger partial charge >= 0.3 is 0 Å². The summed E-state index contributed by atoms with van der Waals surface area (Å²) in [6.45, 7) is 5.59. The van der Waals surface area contributed by atoms with Crippen molar-refractivity contribution in [1.82, 2.24) is 20.1 Å². The van der Waals surface area contributed by atoms with Gasteiger partial charge in [-0.1, -0.05) is 0 Å². The first-order valence-corrected chi connectivity index (χ1v) is 7.81. The van der Waals surface area contributed by atoms with Gasteiger partial charge in [0.1, 0.15) is 11.8 Å². The molecule has 0 saturated heterocycles. The summed E-state index contributed by atoms with van der Waals surface area (Å²) < 4.78 is 7.07. The van der Waals surface area contributed by atoms with Gasteiger partial charge in [0.2, 0.25) is 0 Å². The average molecular weight is 328 g/mol. The zero-order valence-corrected chi connectivity index (χ0v) is 13.9. The van der Waals surface area contributed by atoms with Gasteiger partial charge in [-0.05, 0) is 39.0 Å². The van der Waals surface area contributed by atoms with Crippen molar-refractivity contribution >= 4 is 16.9 Å². The molecule has 0 aliphatic rings. The summed E-state index contributed by atoms with van der Waals surface area (Å²) >= 11 is 0. The first kappa shape index (κ1) is 16.2. The van der Waals surface area contributed by atoms with E-state index in [-0.39, 0.29) is 18.6 Å². The number of hydrogen-bond donors (Lipinski definition) is 2. The monoisotopic (exact) mass is 328 g/mol. The summed E-state index contributed by atoms with van der Waals surface area (Å²) in [6, 6.07) is 4.79. The molecule has 3 aromatic rings. The fraction of sp³-hybridized carbons (Fsp3) is 0.353. The molecule has 3 heterocycles. The maximum Gasteiger partial charge on any atom is 0.253 e. The Labute approximate surface area is 139 Å². The number of carbonyl (C=O) groups is 1. The smallest absolute Gasteiger partial charge is 0.253 e. The predicted molar refractivity (Wildman–Crippen MR) is 88.7 cm³/mol. The first-order valence-electron chi connectivity index (χ1n) is 7.81. The number of rotatable bonds is 5. The summed E-state index contributed by atoms with van der Waals surface area (Å²) in [5, 5.41) is 17.4. The van der Waals surface area contributed by atoms with Crippen molar-refractivity contribution in [3.63, 3.8) is 0 Å². The molecule has 0 aromatic carbocycles. The molecule has 7 nitrogen and oxygen atoms in total. The Morgan fingerprint density at radius 2 is 2.25 bits per heavy atom. The van der Waals surface area contributed by atoms with Crippen molar-refractivity contribution in [2.45, 2.75) is 32.9 Å². The van der Waals surface area contributed by atoms with E-state index in [9.17, 15) is 9.90 Å². The second-order valence-electron chi connectivity index (χ2n) is 5.94. The number of fused-ring (bicyclic) bond motifs is 1. The normalized spacial score (nSPS) is 12.7. The lowest BCUT2D eigenvalue weighted by Crippen LogP contribution is -2.31. The van der Waals surface area contributed by atoms with Crippen LogP contribution in [0.5, 0.6) is 0 Å². The summed E-state index contributed by atoms with van der Waals surface area (Å²) in [7, 11) is 0. The van der Waals surface area contributed by atoms with E-state index in [1.54, 1.807) is 31.3 Å². The molecular formula is C17H20N4O3. The van der Waals surface area contributed by atoms with Crippen LogP contribution >= 0.6 is 0 Å². The molecule has 0 aliphatic carbocycles. The molecule has 0 bridgehead atoms. The summed E-state index contributed by atoms with van der Waals surface area (Å²) in [5.74, 6) is 0.194. The number of hydrogen-bond acceptors (Lipinski definition) is 5. The molecule has 3 aromatic heterocycles. The number of nitrogens with one attached hydrogen (secondary N) is 1. The molecule has 0 saturated carbocycles. The number of nitrogens with zero attached hydrogens (tertiary/aromatic N) is 3. The number of aryl methyl sites for hydroxylation is 1. The zero-order valence-electron chi connectivity index (χ0n) is 13.9. The fourth-order valence-corrected chi connectivity index (χ4v) is 2.61. The Balaban J connectivity index is 1.91. The van der Waals surface area contributed by atoms with Crippen LogP contribution in [0.25, 0.3) is 11.0 Å². The van der Waals surface area contributed by atoms with Gasteiger partial charge in [-0.2, -0.15) is 5.10 Å². The van der Waals surface area contributed by atoms with Gasteiger partial charge < -0.3 is 14.8 Å². The number of pyridine rings is 1. The third kappa shape index (κ3) is 2.90. The van der Waals surface area contributed by atoms with Gasteiger partial charge in [-0.15, -0.1) is 0 Å². The van der Waals surface area contributed by atoms with Crippen molar-refractivity contribution in [2.24, 2.45) is 0 Å². The molecule has 1 atom stereocenters. The van der Waals surface area contributed by atoms with Crippen LogP contribution in [0.3, 0.4) is 0 Å². The lowest BCUT2D eigenvalue weighted by Gasteiger charge is -2.15. The van der Waals surface area contributed by atoms with Gasteiger partial charge in [-0.3, -0.25) is 4.79 Å². The maximum absolute atomic E-state index is 12.6. The van der Waals surface area contributed by atoms with Crippen molar-refractivity contribution in [2.75, 3.05) is 6.61 Å². The second kappa shape index (κ2) is 6.45. The van der Waals surface area contributed by atoms with E-state index in [4.69, 9.17) is 4.42 Å². The van der Waals surface area contributed by atoms with Gasteiger partial charge in [0.15, 0.2) is 5.65 Å². The highest BCUT2D eigenvalue weighted by molar-refractivity contribution is 5.98. The topological polar surface area (TPSA) is 93.2 Å². The molecule has 126 valence electrons.